The molecule has 2 saturated carbocycles. The third kappa shape index (κ3) is 3.27. The lowest BCUT2D eigenvalue weighted by molar-refractivity contribution is -0.271. The quantitative estimate of drug-likeness (QED) is 0.547. The van der Waals surface area contributed by atoms with Crippen molar-refractivity contribution in [3.8, 4) is 5.75 Å². The molecule has 5 rings (SSSR count). The van der Waals surface area contributed by atoms with Crippen molar-refractivity contribution in [3.05, 3.63) is 29.3 Å². The first-order valence-electron chi connectivity index (χ1n) is 11.5. The third-order valence-electron chi connectivity index (χ3n) is 8.47. The normalized spacial score (nSPS) is 43.2. The van der Waals surface area contributed by atoms with Crippen molar-refractivity contribution < 1.29 is 39.5 Å². The SMILES string of the molecule is C[C@]12CC[C@@H]3c4ccc(O[C@@H]5O[C@H](C(=O)O)[C@@H](O)C(O)C5O)cc4CC[C@H]3[C@@H]1CCC2=O. The Morgan fingerprint density at radius 2 is 1.88 bits per heavy atom. The van der Waals surface area contributed by atoms with Crippen molar-refractivity contribution in [1.29, 1.82) is 0 Å². The molecule has 9 atom stereocenters. The first kappa shape index (κ1) is 21.8. The molecule has 3 aliphatic carbocycles. The molecule has 4 aliphatic rings. The predicted molar refractivity (Wildman–Crippen MR) is 111 cm³/mol. The summed E-state index contributed by atoms with van der Waals surface area (Å²) >= 11 is 0. The van der Waals surface area contributed by atoms with Crippen molar-refractivity contribution in [2.24, 2.45) is 17.3 Å². The molecule has 0 bridgehead atoms. The number of ketones is 1. The maximum Gasteiger partial charge on any atom is 0.335 e. The molecule has 2 unspecified atom stereocenters. The number of carbonyl (C=O) groups is 2. The molecule has 0 radical (unpaired) electrons. The van der Waals surface area contributed by atoms with Crippen LogP contribution in [-0.4, -0.2) is 62.9 Å². The number of Topliss-reactive ketones (excluding diaryl/α,β-unsaturated/α-hetero) is 1. The van der Waals surface area contributed by atoms with Gasteiger partial charge >= 0.3 is 5.97 Å². The largest absolute Gasteiger partial charge is 0.479 e. The molecule has 1 heterocycles. The van der Waals surface area contributed by atoms with Crippen LogP contribution < -0.4 is 4.74 Å². The van der Waals surface area contributed by atoms with Gasteiger partial charge in [-0.25, -0.2) is 4.79 Å². The van der Waals surface area contributed by atoms with Gasteiger partial charge in [-0.15, -0.1) is 0 Å². The van der Waals surface area contributed by atoms with Crippen molar-refractivity contribution in [1.82, 2.24) is 0 Å². The van der Waals surface area contributed by atoms with Crippen molar-refractivity contribution in [2.45, 2.75) is 82.1 Å². The van der Waals surface area contributed by atoms with Crippen LogP contribution in [0.5, 0.6) is 5.75 Å². The van der Waals surface area contributed by atoms with Gasteiger partial charge in [-0.1, -0.05) is 13.0 Å². The van der Waals surface area contributed by atoms with E-state index in [9.17, 15) is 30.0 Å². The number of fused-ring (bicyclic) bond motifs is 5. The van der Waals surface area contributed by atoms with E-state index in [-0.39, 0.29) is 5.41 Å². The Balaban J connectivity index is 1.35. The molecule has 1 aliphatic heterocycles. The lowest BCUT2D eigenvalue weighted by atomic mass is 9.55. The van der Waals surface area contributed by atoms with Crippen LogP contribution in [-0.2, 0) is 20.7 Å². The summed E-state index contributed by atoms with van der Waals surface area (Å²) in [5, 5.41) is 39.3. The number of ether oxygens (including phenoxy) is 2. The number of aliphatic carboxylic acids is 1. The van der Waals surface area contributed by atoms with Gasteiger partial charge in [-0.05, 0) is 73.1 Å². The molecule has 0 amide bonds. The summed E-state index contributed by atoms with van der Waals surface area (Å²) in [5.41, 5.74) is 2.26. The number of carbonyl (C=O) groups excluding carboxylic acids is 1. The van der Waals surface area contributed by atoms with E-state index in [1.165, 1.54) is 5.56 Å². The Labute approximate surface area is 186 Å². The smallest absolute Gasteiger partial charge is 0.335 e. The van der Waals surface area contributed by atoms with E-state index in [0.717, 1.165) is 37.7 Å². The average molecular weight is 446 g/mol. The van der Waals surface area contributed by atoms with Gasteiger partial charge in [-0.2, -0.15) is 0 Å². The summed E-state index contributed by atoms with van der Waals surface area (Å²) in [6.45, 7) is 2.15. The summed E-state index contributed by atoms with van der Waals surface area (Å²) in [6.07, 6.45) is -2.65. The maximum absolute atomic E-state index is 12.5. The van der Waals surface area contributed by atoms with Gasteiger partial charge < -0.3 is 29.9 Å². The number of aryl methyl sites for hydroxylation is 1. The van der Waals surface area contributed by atoms with E-state index in [4.69, 9.17) is 9.47 Å². The van der Waals surface area contributed by atoms with Crippen LogP contribution in [0.4, 0.5) is 0 Å². The monoisotopic (exact) mass is 446 g/mol. The number of rotatable bonds is 3. The van der Waals surface area contributed by atoms with Crippen molar-refractivity contribution in [2.75, 3.05) is 0 Å². The summed E-state index contributed by atoms with van der Waals surface area (Å²) < 4.78 is 10.9. The fourth-order valence-corrected chi connectivity index (χ4v) is 6.69. The van der Waals surface area contributed by atoms with E-state index in [2.05, 4.69) is 6.92 Å². The highest BCUT2D eigenvalue weighted by Crippen LogP contribution is 2.59. The van der Waals surface area contributed by atoms with Gasteiger partial charge in [0.25, 0.3) is 0 Å². The lowest BCUT2D eigenvalue weighted by Crippen LogP contribution is -2.61. The van der Waals surface area contributed by atoms with Crippen LogP contribution in [0.25, 0.3) is 0 Å². The van der Waals surface area contributed by atoms with Gasteiger partial charge in [0.1, 0.15) is 29.8 Å². The second-order valence-corrected chi connectivity index (χ2v) is 10.0. The van der Waals surface area contributed by atoms with Gasteiger partial charge in [0.05, 0.1) is 0 Å². The number of hydrogen-bond acceptors (Lipinski definition) is 7. The minimum Gasteiger partial charge on any atom is -0.479 e. The Kier molecular flexibility index (Phi) is 5.32. The highest BCUT2D eigenvalue weighted by atomic mass is 16.7. The molecule has 174 valence electrons. The van der Waals surface area contributed by atoms with Gasteiger partial charge in [0.15, 0.2) is 6.10 Å². The Morgan fingerprint density at radius 1 is 1.09 bits per heavy atom. The average Bonchev–Trinajstić information content (AvgIpc) is 3.08. The number of carboxylic acids is 1. The summed E-state index contributed by atoms with van der Waals surface area (Å²) in [6, 6.07) is 5.69. The molecule has 8 heteroatoms. The highest BCUT2D eigenvalue weighted by molar-refractivity contribution is 5.87. The van der Waals surface area contributed by atoms with Crippen molar-refractivity contribution in [3.63, 3.8) is 0 Å². The molecule has 8 nitrogen and oxygen atoms in total. The highest BCUT2D eigenvalue weighted by Gasteiger charge is 2.54. The molecule has 0 aromatic heterocycles. The molecular formula is C24H30O8. The lowest BCUT2D eigenvalue weighted by Gasteiger charge is -2.48. The van der Waals surface area contributed by atoms with E-state index in [1.807, 2.05) is 12.1 Å². The van der Waals surface area contributed by atoms with Crippen LogP contribution in [0.3, 0.4) is 0 Å². The third-order valence-corrected chi connectivity index (χ3v) is 8.47. The number of carboxylic acid groups (broad SMARTS) is 1. The van der Waals surface area contributed by atoms with Crippen LogP contribution >= 0.6 is 0 Å². The summed E-state index contributed by atoms with van der Waals surface area (Å²) in [4.78, 5) is 23.8. The van der Waals surface area contributed by atoms with Crippen LogP contribution in [0.15, 0.2) is 18.2 Å². The number of aliphatic hydroxyl groups excluding tert-OH is 3. The molecule has 4 N–H and O–H groups in total. The molecule has 3 fully saturated rings. The van der Waals surface area contributed by atoms with E-state index < -0.39 is 36.7 Å². The van der Waals surface area contributed by atoms with E-state index >= 15 is 0 Å². The Hall–Kier alpha value is -2.00. The standard InChI is InChI=1S/C24H30O8/c1-24-9-8-14-13-5-3-12(10-11(13)2-4-15(14)16(24)6-7-17(24)25)31-23-20(28)18(26)19(27)21(32-23)22(29)30/h3,5,10,14-16,18-21,23,26-28H,2,4,6-9H2,1H3,(H,29,30)/t14-,15-,16+,18?,19+,20?,21+,23-,24+/m1/s1. The van der Waals surface area contributed by atoms with E-state index in [1.54, 1.807) is 6.07 Å². The first-order chi connectivity index (χ1) is 15.2. The summed E-state index contributed by atoms with van der Waals surface area (Å²) in [5.74, 6) is 0.773. The second-order valence-electron chi connectivity index (χ2n) is 10.0. The first-order valence-corrected chi connectivity index (χ1v) is 11.5. The zero-order chi connectivity index (χ0) is 22.8. The fraction of sp³-hybridized carbons (Fsp3) is 0.667. The van der Waals surface area contributed by atoms with Crippen LogP contribution in [0.1, 0.15) is 56.1 Å². The molecule has 0 spiro atoms. The minimum atomic E-state index is -1.75. The number of hydrogen-bond donors (Lipinski definition) is 4. The Bertz CT molecular complexity index is 931. The summed E-state index contributed by atoms with van der Waals surface area (Å²) in [7, 11) is 0. The van der Waals surface area contributed by atoms with E-state index in [0.29, 0.717) is 35.7 Å². The number of aliphatic hydroxyl groups is 3. The van der Waals surface area contributed by atoms with Crippen molar-refractivity contribution >= 4 is 11.8 Å². The number of benzene rings is 1. The molecule has 1 aromatic rings. The fourth-order valence-electron chi connectivity index (χ4n) is 6.69. The topological polar surface area (TPSA) is 134 Å². The second kappa shape index (κ2) is 7.80. The van der Waals surface area contributed by atoms with Gasteiger partial charge in [-0.3, -0.25) is 4.79 Å². The van der Waals surface area contributed by atoms with Gasteiger partial charge in [0, 0.05) is 11.8 Å². The maximum atomic E-state index is 12.5. The molecule has 32 heavy (non-hydrogen) atoms. The predicted octanol–water partition coefficient (Wildman–Crippen LogP) is 1.38. The molecule has 1 aromatic carbocycles. The van der Waals surface area contributed by atoms with Crippen LogP contribution in [0, 0.1) is 17.3 Å². The molecular weight excluding hydrogens is 416 g/mol. The Morgan fingerprint density at radius 3 is 2.62 bits per heavy atom. The van der Waals surface area contributed by atoms with Gasteiger partial charge in [0.2, 0.25) is 6.29 Å². The van der Waals surface area contributed by atoms with Crippen LogP contribution in [0.2, 0.25) is 0 Å². The zero-order valence-electron chi connectivity index (χ0n) is 18.0. The molecule has 1 saturated heterocycles. The zero-order valence-corrected chi connectivity index (χ0v) is 18.0. The minimum absolute atomic E-state index is 0.164.